The number of nitrogens with zero attached hydrogens (tertiary/aromatic N) is 1. The highest BCUT2D eigenvalue weighted by Gasteiger charge is 2.37. The van der Waals surface area contributed by atoms with Crippen LogP contribution in [0, 0.1) is 6.92 Å². The van der Waals surface area contributed by atoms with Crippen LogP contribution in [0.25, 0.3) is 0 Å². The van der Waals surface area contributed by atoms with Crippen molar-refractivity contribution in [3.05, 3.63) is 59.2 Å². The van der Waals surface area contributed by atoms with Gasteiger partial charge in [-0.1, -0.05) is 29.8 Å². The minimum absolute atomic E-state index is 0.0663. The van der Waals surface area contributed by atoms with E-state index in [1.165, 1.54) is 11.1 Å². The molecule has 0 radical (unpaired) electrons. The highest BCUT2D eigenvalue weighted by Crippen LogP contribution is 2.40. The number of ether oxygens (including phenoxy) is 3. The Morgan fingerprint density at radius 2 is 1.87 bits per heavy atom. The smallest absolute Gasteiger partial charge is 0.191 e. The van der Waals surface area contributed by atoms with Crippen molar-refractivity contribution in [3.8, 4) is 11.5 Å². The molecular formula is C24H33N3O3. The van der Waals surface area contributed by atoms with Gasteiger partial charge >= 0.3 is 0 Å². The van der Waals surface area contributed by atoms with E-state index in [2.05, 4.69) is 46.8 Å². The van der Waals surface area contributed by atoms with Crippen molar-refractivity contribution < 1.29 is 14.2 Å². The summed E-state index contributed by atoms with van der Waals surface area (Å²) in [6, 6.07) is 14.4. The third kappa shape index (κ3) is 5.25. The van der Waals surface area contributed by atoms with Crippen LogP contribution in [0.3, 0.4) is 0 Å². The third-order valence-corrected chi connectivity index (χ3v) is 5.79. The maximum atomic E-state index is 5.71. The fourth-order valence-corrected chi connectivity index (χ4v) is 3.98. The molecule has 1 heterocycles. The number of benzene rings is 2. The van der Waals surface area contributed by atoms with Gasteiger partial charge < -0.3 is 24.8 Å². The van der Waals surface area contributed by atoms with Crippen LogP contribution in [0.4, 0.5) is 0 Å². The van der Waals surface area contributed by atoms with Crippen molar-refractivity contribution in [2.45, 2.75) is 31.7 Å². The van der Waals surface area contributed by atoms with Gasteiger partial charge in [0.15, 0.2) is 5.96 Å². The van der Waals surface area contributed by atoms with Gasteiger partial charge in [0.05, 0.1) is 14.2 Å². The molecule has 162 valence electrons. The summed E-state index contributed by atoms with van der Waals surface area (Å²) in [5.41, 5.74) is 3.54. The van der Waals surface area contributed by atoms with E-state index in [1.54, 1.807) is 21.3 Å². The SMILES string of the molecule is CN=C(NCc1cccc(OC)c1)NCC1(c2cc(C)ccc2OC)CCOCC1. The molecule has 2 aromatic carbocycles. The number of guanidine groups is 1. The summed E-state index contributed by atoms with van der Waals surface area (Å²) in [7, 11) is 5.22. The molecule has 1 fully saturated rings. The maximum Gasteiger partial charge on any atom is 0.191 e. The average Bonchev–Trinajstić information content (AvgIpc) is 2.80. The van der Waals surface area contributed by atoms with E-state index in [0.29, 0.717) is 6.54 Å². The largest absolute Gasteiger partial charge is 0.497 e. The average molecular weight is 412 g/mol. The van der Waals surface area contributed by atoms with Crippen LogP contribution in [0.15, 0.2) is 47.5 Å². The Bertz CT molecular complexity index is 861. The van der Waals surface area contributed by atoms with Crippen molar-refractivity contribution in [3.63, 3.8) is 0 Å². The van der Waals surface area contributed by atoms with Crippen LogP contribution in [0.5, 0.6) is 11.5 Å². The lowest BCUT2D eigenvalue weighted by atomic mass is 9.73. The Morgan fingerprint density at radius 1 is 1.07 bits per heavy atom. The first-order chi connectivity index (χ1) is 14.6. The Morgan fingerprint density at radius 3 is 2.57 bits per heavy atom. The Kier molecular flexibility index (Phi) is 7.57. The number of methoxy groups -OCH3 is 2. The van der Waals surface area contributed by atoms with E-state index in [9.17, 15) is 0 Å². The highest BCUT2D eigenvalue weighted by atomic mass is 16.5. The fraction of sp³-hybridized carbons (Fsp3) is 0.458. The van der Waals surface area contributed by atoms with Crippen molar-refractivity contribution in [1.82, 2.24) is 10.6 Å². The predicted octanol–water partition coefficient (Wildman–Crippen LogP) is 3.43. The van der Waals surface area contributed by atoms with E-state index >= 15 is 0 Å². The van der Waals surface area contributed by atoms with Gasteiger partial charge in [0, 0.05) is 44.3 Å². The molecule has 0 spiro atoms. The fourth-order valence-electron chi connectivity index (χ4n) is 3.98. The van der Waals surface area contributed by atoms with Crippen molar-refractivity contribution in [2.75, 3.05) is 41.0 Å². The number of nitrogens with one attached hydrogen (secondary N) is 2. The summed E-state index contributed by atoms with van der Waals surface area (Å²) in [4.78, 5) is 4.42. The number of hydrogen-bond donors (Lipinski definition) is 2. The van der Waals surface area contributed by atoms with E-state index in [4.69, 9.17) is 14.2 Å². The molecule has 0 aliphatic carbocycles. The van der Waals surface area contributed by atoms with Gasteiger partial charge in [-0.05, 0) is 43.5 Å². The summed E-state index contributed by atoms with van der Waals surface area (Å²) in [5.74, 6) is 2.56. The molecule has 1 aliphatic rings. The van der Waals surface area contributed by atoms with Crippen molar-refractivity contribution in [2.24, 2.45) is 4.99 Å². The molecule has 0 aromatic heterocycles. The molecule has 6 heteroatoms. The van der Waals surface area contributed by atoms with Crippen molar-refractivity contribution >= 4 is 5.96 Å². The van der Waals surface area contributed by atoms with Gasteiger partial charge in [-0.25, -0.2) is 0 Å². The second kappa shape index (κ2) is 10.3. The summed E-state index contributed by atoms with van der Waals surface area (Å²) in [6.07, 6.45) is 1.87. The normalized spacial score (nSPS) is 16.1. The zero-order chi connectivity index (χ0) is 21.4. The molecule has 2 aromatic rings. The van der Waals surface area contributed by atoms with E-state index in [-0.39, 0.29) is 5.41 Å². The van der Waals surface area contributed by atoms with Crippen LogP contribution in [-0.2, 0) is 16.7 Å². The number of hydrogen-bond acceptors (Lipinski definition) is 4. The lowest BCUT2D eigenvalue weighted by Crippen LogP contribution is -2.48. The molecule has 0 bridgehead atoms. The first kappa shape index (κ1) is 22.0. The molecule has 1 saturated heterocycles. The Balaban J connectivity index is 1.73. The summed E-state index contributed by atoms with van der Waals surface area (Å²) < 4.78 is 16.7. The molecular weight excluding hydrogens is 378 g/mol. The zero-order valence-corrected chi connectivity index (χ0v) is 18.5. The van der Waals surface area contributed by atoms with Gasteiger partial charge in [0.2, 0.25) is 0 Å². The highest BCUT2D eigenvalue weighted by molar-refractivity contribution is 5.79. The first-order valence-corrected chi connectivity index (χ1v) is 10.4. The number of rotatable bonds is 7. The van der Waals surface area contributed by atoms with Crippen molar-refractivity contribution in [1.29, 1.82) is 0 Å². The minimum Gasteiger partial charge on any atom is -0.497 e. The number of aliphatic imine (C=N–C) groups is 1. The maximum absolute atomic E-state index is 5.71. The standard InChI is InChI=1S/C24H33N3O3/c1-18-8-9-22(29-4)21(14-18)24(10-12-30-13-11-24)17-27-23(25-2)26-16-19-6-5-7-20(15-19)28-3/h5-9,14-15H,10-13,16-17H2,1-4H3,(H2,25,26,27). The van der Waals surface area contributed by atoms with Crippen LogP contribution >= 0.6 is 0 Å². The summed E-state index contributed by atoms with van der Waals surface area (Å²) >= 11 is 0. The monoisotopic (exact) mass is 411 g/mol. The second-order valence-corrected chi connectivity index (χ2v) is 7.73. The summed E-state index contributed by atoms with van der Waals surface area (Å²) in [6.45, 7) is 5.04. The van der Waals surface area contributed by atoms with Crippen LogP contribution < -0.4 is 20.1 Å². The lowest BCUT2D eigenvalue weighted by Gasteiger charge is -2.39. The molecule has 3 rings (SSSR count). The van der Waals surface area contributed by atoms with Crippen LogP contribution in [-0.4, -0.2) is 47.0 Å². The molecule has 0 atom stereocenters. The Labute approximate surface area is 179 Å². The van der Waals surface area contributed by atoms with Gasteiger partial charge in [0.25, 0.3) is 0 Å². The van der Waals surface area contributed by atoms with E-state index in [1.807, 2.05) is 18.2 Å². The van der Waals surface area contributed by atoms with Gasteiger partial charge in [0.1, 0.15) is 11.5 Å². The molecule has 0 unspecified atom stereocenters. The quantitative estimate of drug-likeness (QED) is 0.540. The third-order valence-electron chi connectivity index (χ3n) is 5.79. The first-order valence-electron chi connectivity index (χ1n) is 10.4. The minimum atomic E-state index is -0.0663. The van der Waals surface area contributed by atoms with Gasteiger partial charge in [-0.15, -0.1) is 0 Å². The molecule has 1 aliphatic heterocycles. The molecule has 6 nitrogen and oxygen atoms in total. The Hall–Kier alpha value is -2.73. The molecule has 30 heavy (non-hydrogen) atoms. The molecule has 2 N–H and O–H groups in total. The molecule has 0 saturated carbocycles. The van der Waals surface area contributed by atoms with Crippen LogP contribution in [0.1, 0.15) is 29.5 Å². The second-order valence-electron chi connectivity index (χ2n) is 7.73. The van der Waals surface area contributed by atoms with Gasteiger partial charge in [-0.3, -0.25) is 4.99 Å². The number of aryl methyl sites for hydroxylation is 1. The molecule has 0 amide bonds. The summed E-state index contributed by atoms with van der Waals surface area (Å²) in [5, 5.41) is 6.95. The van der Waals surface area contributed by atoms with E-state index in [0.717, 1.165) is 55.6 Å². The zero-order valence-electron chi connectivity index (χ0n) is 18.5. The van der Waals surface area contributed by atoms with Gasteiger partial charge in [-0.2, -0.15) is 0 Å². The van der Waals surface area contributed by atoms with E-state index < -0.39 is 0 Å². The predicted molar refractivity (Wildman–Crippen MR) is 121 cm³/mol. The lowest BCUT2D eigenvalue weighted by molar-refractivity contribution is 0.0505. The topological polar surface area (TPSA) is 64.1 Å². The van der Waals surface area contributed by atoms with Crippen LogP contribution in [0.2, 0.25) is 0 Å².